The number of esters is 1. The molecule has 5 rings (SSSR count). The highest BCUT2D eigenvalue weighted by atomic mass is 16.5. The van der Waals surface area contributed by atoms with Crippen LogP contribution >= 0.6 is 0 Å². The minimum atomic E-state index is -0.606. The van der Waals surface area contributed by atoms with Gasteiger partial charge in [0.05, 0.1) is 38.1 Å². The van der Waals surface area contributed by atoms with Crippen LogP contribution in [-0.4, -0.2) is 50.8 Å². The second kappa shape index (κ2) is 10.4. The third-order valence-electron chi connectivity index (χ3n) is 6.70. The second-order valence-corrected chi connectivity index (χ2v) is 9.01. The lowest BCUT2D eigenvalue weighted by Crippen LogP contribution is -2.38. The number of benzene rings is 3. The fourth-order valence-electron chi connectivity index (χ4n) is 4.94. The van der Waals surface area contributed by atoms with Crippen molar-refractivity contribution in [2.45, 2.75) is 19.4 Å². The van der Waals surface area contributed by atoms with E-state index in [-0.39, 0.29) is 18.6 Å². The fraction of sp³-hybridized carbons (Fsp3) is 0.233. The maximum Gasteiger partial charge on any atom is 0.339 e. The van der Waals surface area contributed by atoms with Crippen LogP contribution in [0.15, 0.2) is 66.7 Å². The Hall–Kier alpha value is -4.59. The van der Waals surface area contributed by atoms with Gasteiger partial charge >= 0.3 is 5.97 Å². The Balaban J connectivity index is 1.47. The van der Waals surface area contributed by atoms with Gasteiger partial charge in [0.2, 0.25) is 5.75 Å². The number of amides is 1. The van der Waals surface area contributed by atoms with Crippen molar-refractivity contribution in [2.24, 2.45) is 0 Å². The van der Waals surface area contributed by atoms with Gasteiger partial charge in [-0.15, -0.1) is 0 Å². The Kier molecular flexibility index (Phi) is 6.87. The van der Waals surface area contributed by atoms with Crippen LogP contribution in [0.25, 0.3) is 22.2 Å². The quantitative estimate of drug-likeness (QED) is 0.320. The van der Waals surface area contributed by atoms with Gasteiger partial charge in [-0.3, -0.25) is 4.79 Å². The normalized spacial score (nSPS) is 14.2. The van der Waals surface area contributed by atoms with Crippen LogP contribution in [0.5, 0.6) is 17.2 Å². The number of aromatic nitrogens is 1. The molecule has 1 amide bonds. The summed E-state index contributed by atoms with van der Waals surface area (Å²) in [6.07, 6.45) is 0.767. The minimum Gasteiger partial charge on any atom is -0.493 e. The Morgan fingerprint density at radius 1 is 0.921 bits per heavy atom. The van der Waals surface area contributed by atoms with E-state index >= 15 is 0 Å². The lowest BCUT2D eigenvalue weighted by molar-refractivity contribution is -0.122. The molecule has 38 heavy (non-hydrogen) atoms. The number of para-hydroxylation sites is 2. The molecule has 1 atom stereocenters. The third kappa shape index (κ3) is 4.49. The molecule has 0 aliphatic carbocycles. The van der Waals surface area contributed by atoms with Crippen molar-refractivity contribution in [3.8, 4) is 28.5 Å². The number of anilines is 1. The Bertz CT molecular complexity index is 1510. The highest BCUT2D eigenvalue weighted by Crippen LogP contribution is 2.41. The number of ether oxygens (including phenoxy) is 4. The number of methoxy groups -OCH3 is 3. The van der Waals surface area contributed by atoms with Gasteiger partial charge in [0, 0.05) is 22.7 Å². The summed E-state index contributed by atoms with van der Waals surface area (Å²) in [5.41, 5.74) is 4.07. The van der Waals surface area contributed by atoms with Crippen molar-refractivity contribution in [3.63, 3.8) is 0 Å². The van der Waals surface area contributed by atoms with Crippen molar-refractivity contribution in [2.75, 3.05) is 32.8 Å². The summed E-state index contributed by atoms with van der Waals surface area (Å²) in [6.45, 7) is 1.62. The lowest BCUT2D eigenvalue weighted by Gasteiger charge is -2.22. The number of carbonyl (C=O) groups excluding carboxylic acids is 2. The molecule has 0 fully saturated rings. The third-order valence-corrected chi connectivity index (χ3v) is 6.70. The van der Waals surface area contributed by atoms with Gasteiger partial charge in [0.1, 0.15) is 0 Å². The monoisotopic (exact) mass is 512 g/mol. The number of nitrogens with zero attached hydrogens (tertiary/aromatic N) is 2. The van der Waals surface area contributed by atoms with Crippen LogP contribution in [0.4, 0.5) is 5.69 Å². The maximum absolute atomic E-state index is 13.3. The SMILES string of the molecule is COc1cc(-c2cc(C(=O)OCC(=O)N3c4ccccc4CC3C)c3ccccc3n2)cc(OC)c1OC. The lowest BCUT2D eigenvalue weighted by atomic mass is 10.0. The summed E-state index contributed by atoms with van der Waals surface area (Å²) in [5, 5.41) is 0.626. The van der Waals surface area contributed by atoms with Crippen molar-refractivity contribution in [3.05, 3.63) is 77.9 Å². The van der Waals surface area contributed by atoms with E-state index in [0.29, 0.717) is 45.0 Å². The molecule has 1 aliphatic heterocycles. The van der Waals surface area contributed by atoms with Crippen LogP contribution < -0.4 is 19.1 Å². The first-order valence-electron chi connectivity index (χ1n) is 12.2. The molecular formula is C30H28N2O6. The topological polar surface area (TPSA) is 87.2 Å². The Labute approximate surface area is 220 Å². The Morgan fingerprint density at radius 2 is 1.61 bits per heavy atom. The van der Waals surface area contributed by atoms with E-state index in [1.54, 1.807) is 29.2 Å². The largest absolute Gasteiger partial charge is 0.493 e. The molecule has 0 bridgehead atoms. The first kappa shape index (κ1) is 25.1. The summed E-state index contributed by atoms with van der Waals surface area (Å²) < 4.78 is 22.0. The van der Waals surface area contributed by atoms with Crippen LogP contribution in [0.2, 0.25) is 0 Å². The summed E-state index contributed by atoms with van der Waals surface area (Å²) in [7, 11) is 4.61. The van der Waals surface area contributed by atoms with E-state index < -0.39 is 5.97 Å². The summed E-state index contributed by atoms with van der Waals surface area (Å²) in [4.78, 5) is 32.9. The zero-order chi connectivity index (χ0) is 26.8. The summed E-state index contributed by atoms with van der Waals surface area (Å²) in [6, 6.07) is 20.3. The number of rotatable bonds is 7. The van der Waals surface area contributed by atoms with Crippen molar-refractivity contribution >= 4 is 28.5 Å². The molecule has 194 valence electrons. The van der Waals surface area contributed by atoms with E-state index in [0.717, 1.165) is 17.7 Å². The molecule has 1 aromatic heterocycles. The fourth-order valence-corrected chi connectivity index (χ4v) is 4.94. The van der Waals surface area contributed by atoms with Gasteiger partial charge in [-0.05, 0) is 49.2 Å². The molecule has 3 aromatic carbocycles. The standard InChI is InChI=1S/C30H28N2O6/c1-18-13-19-9-5-8-12-25(19)32(18)28(33)17-38-30(34)22-16-24(31-23-11-7-6-10-21(22)23)20-14-26(35-2)29(37-4)27(15-20)36-3/h5-12,14-16,18H,13,17H2,1-4H3. The van der Waals surface area contributed by atoms with Crippen LogP contribution in [-0.2, 0) is 16.0 Å². The predicted octanol–water partition coefficient (Wildman–Crippen LogP) is 5.06. The number of hydrogen-bond donors (Lipinski definition) is 0. The molecule has 0 saturated carbocycles. The van der Waals surface area contributed by atoms with Gasteiger partial charge in [0.25, 0.3) is 5.91 Å². The van der Waals surface area contributed by atoms with Crippen molar-refractivity contribution in [1.82, 2.24) is 4.98 Å². The first-order chi connectivity index (χ1) is 18.4. The van der Waals surface area contributed by atoms with Crippen LogP contribution in [0.3, 0.4) is 0 Å². The van der Waals surface area contributed by atoms with E-state index in [2.05, 4.69) is 0 Å². The highest BCUT2D eigenvalue weighted by Gasteiger charge is 2.31. The zero-order valence-corrected chi connectivity index (χ0v) is 21.7. The van der Waals surface area contributed by atoms with Gasteiger partial charge in [-0.25, -0.2) is 9.78 Å². The van der Waals surface area contributed by atoms with Gasteiger partial charge in [-0.1, -0.05) is 36.4 Å². The van der Waals surface area contributed by atoms with Crippen LogP contribution in [0.1, 0.15) is 22.8 Å². The zero-order valence-electron chi connectivity index (χ0n) is 21.7. The van der Waals surface area contributed by atoms with Crippen molar-refractivity contribution in [1.29, 1.82) is 0 Å². The second-order valence-electron chi connectivity index (χ2n) is 9.01. The number of fused-ring (bicyclic) bond motifs is 2. The summed E-state index contributed by atoms with van der Waals surface area (Å²) in [5.74, 6) is 0.512. The minimum absolute atomic E-state index is 0.00741. The number of hydrogen-bond acceptors (Lipinski definition) is 7. The molecule has 8 heteroatoms. The average Bonchev–Trinajstić information content (AvgIpc) is 3.29. The van der Waals surface area contributed by atoms with Crippen LogP contribution in [0, 0.1) is 0 Å². The molecular weight excluding hydrogens is 484 g/mol. The Morgan fingerprint density at radius 3 is 2.32 bits per heavy atom. The smallest absolute Gasteiger partial charge is 0.339 e. The predicted molar refractivity (Wildman–Crippen MR) is 144 cm³/mol. The first-order valence-corrected chi connectivity index (χ1v) is 12.2. The van der Waals surface area contributed by atoms with Crippen molar-refractivity contribution < 1.29 is 28.5 Å². The molecule has 2 heterocycles. The molecule has 1 unspecified atom stereocenters. The molecule has 0 spiro atoms. The van der Waals surface area contributed by atoms with Gasteiger partial charge < -0.3 is 23.8 Å². The molecule has 0 N–H and O–H groups in total. The molecule has 0 radical (unpaired) electrons. The number of carbonyl (C=O) groups is 2. The maximum atomic E-state index is 13.3. The summed E-state index contributed by atoms with van der Waals surface area (Å²) >= 11 is 0. The van der Waals surface area contributed by atoms with E-state index in [4.69, 9.17) is 23.9 Å². The van der Waals surface area contributed by atoms with Gasteiger partial charge in [-0.2, -0.15) is 0 Å². The molecule has 1 aliphatic rings. The van der Waals surface area contributed by atoms with E-state index in [9.17, 15) is 9.59 Å². The molecule has 4 aromatic rings. The average molecular weight is 513 g/mol. The van der Waals surface area contributed by atoms with E-state index in [1.165, 1.54) is 21.3 Å². The highest BCUT2D eigenvalue weighted by molar-refractivity contribution is 6.06. The number of pyridine rings is 1. The van der Waals surface area contributed by atoms with Gasteiger partial charge in [0.15, 0.2) is 18.1 Å². The molecule has 0 saturated heterocycles. The van der Waals surface area contributed by atoms with E-state index in [1.807, 2.05) is 49.4 Å². The molecule has 8 nitrogen and oxygen atoms in total.